The van der Waals surface area contributed by atoms with E-state index in [0.29, 0.717) is 18.7 Å². The second-order valence-corrected chi connectivity index (χ2v) is 4.53. The van der Waals surface area contributed by atoms with Gasteiger partial charge in [0.05, 0.1) is 12.1 Å². The quantitative estimate of drug-likeness (QED) is 0.838. The Hall–Kier alpha value is -1.46. The summed E-state index contributed by atoms with van der Waals surface area (Å²) in [5.74, 6) is -0.665. The maximum absolute atomic E-state index is 13.2. The Balaban J connectivity index is 2.07. The van der Waals surface area contributed by atoms with Gasteiger partial charge in [0.15, 0.2) is 0 Å². The van der Waals surface area contributed by atoms with Crippen molar-refractivity contribution >= 4 is 5.91 Å². The van der Waals surface area contributed by atoms with E-state index in [1.807, 2.05) is 0 Å². The lowest BCUT2D eigenvalue weighted by atomic mass is 10.1. The molecule has 2 rings (SSSR count). The molecule has 1 heterocycles. The van der Waals surface area contributed by atoms with Gasteiger partial charge in [-0.1, -0.05) is 0 Å². The molecule has 1 aromatic rings. The third-order valence-electron chi connectivity index (χ3n) is 3.08. The third kappa shape index (κ3) is 2.86. The number of carbonyl (C=O) groups excluding carboxylic acids is 1. The average Bonchev–Trinajstić information content (AvgIpc) is 2.75. The molecule has 4 nitrogen and oxygen atoms in total. The van der Waals surface area contributed by atoms with Gasteiger partial charge in [0.2, 0.25) is 0 Å². The van der Waals surface area contributed by atoms with Crippen LogP contribution in [0.3, 0.4) is 0 Å². The van der Waals surface area contributed by atoms with Crippen molar-refractivity contribution in [2.24, 2.45) is 0 Å². The largest absolute Gasteiger partial charge is 0.378 e. The molecule has 0 radical (unpaired) electrons. The Morgan fingerprint density at radius 2 is 2.22 bits per heavy atom. The molecular weight excluding hydrogens is 235 g/mol. The van der Waals surface area contributed by atoms with Crippen LogP contribution in [0.1, 0.15) is 15.9 Å². The molecule has 1 saturated heterocycles. The summed E-state index contributed by atoms with van der Waals surface area (Å²) in [4.78, 5) is 12.0. The van der Waals surface area contributed by atoms with Gasteiger partial charge >= 0.3 is 0 Å². The van der Waals surface area contributed by atoms with Crippen LogP contribution in [0.5, 0.6) is 0 Å². The van der Waals surface area contributed by atoms with Gasteiger partial charge in [-0.3, -0.25) is 4.79 Å². The van der Waals surface area contributed by atoms with Crippen LogP contribution >= 0.6 is 0 Å². The molecule has 0 spiro atoms. The number of hydrogen-bond donors (Lipinski definition) is 2. The van der Waals surface area contributed by atoms with Crippen LogP contribution in [0.15, 0.2) is 18.2 Å². The summed E-state index contributed by atoms with van der Waals surface area (Å²) in [5.41, 5.74) is 1.07. The molecule has 18 heavy (non-hydrogen) atoms. The van der Waals surface area contributed by atoms with E-state index >= 15 is 0 Å². The van der Waals surface area contributed by atoms with E-state index in [9.17, 15) is 9.18 Å². The smallest absolute Gasteiger partial charge is 0.251 e. The van der Waals surface area contributed by atoms with Crippen molar-refractivity contribution in [1.29, 1.82) is 0 Å². The summed E-state index contributed by atoms with van der Waals surface area (Å²) in [7, 11) is 1.61. The zero-order valence-corrected chi connectivity index (χ0v) is 10.5. The number of hydrogen-bond acceptors (Lipinski definition) is 3. The number of aryl methyl sites for hydroxylation is 1. The van der Waals surface area contributed by atoms with Gasteiger partial charge in [-0.2, -0.15) is 0 Å². The number of halogens is 1. The molecule has 0 bridgehead atoms. The topological polar surface area (TPSA) is 50.4 Å². The molecule has 5 heteroatoms. The van der Waals surface area contributed by atoms with Gasteiger partial charge in [-0.15, -0.1) is 0 Å². The number of rotatable bonds is 3. The lowest BCUT2D eigenvalue weighted by Crippen LogP contribution is -2.43. The Labute approximate surface area is 106 Å². The van der Waals surface area contributed by atoms with Gasteiger partial charge in [-0.05, 0) is 30.7 Å². The predicted octanol–water partition coefficient (Wildman–Crippen LogP) is 0.851. The minimum Gasteiger partial charge on any atom is -0.378 e. The van der Waals surface area contributed by atoms with Crippen LogP contribution in [0.2, 0.25) is 0 Å². The van der Waals surface area contributed by atoms with Crippen molar-refractivity contribution in [3.05, 3.63) is 35.1 Å². The lowest BCUT2D eigenvalue weighted by Gasteiger charge is -2.18. The second kappa shape index (κ2) is 5.46. The van der Waals surface area contributed by atoms with Gasteiger partial charge in [-0.25, -0.2) is 4.39 Å². The lowest BCUT2D eigenvalue weighted by molar-refractivity contribution is 0.0779. The number of amides is 1. The van der Waals surface area contributed by atoms with Crippen LogP contribution in [-0.4, -0.2) is 38.3 Å². The maximum atomic E-state index is 13.2. The van der Waals surface area contributed by atoms with E-state index in [-0.39, 0.29) is 18.1 Å². The highest BCUT2D eigenvalue weighted by molar-refractivity contribution is 5.94. The summed E-state index contributed by atoms with van der Waals surface area (Å²) in [6, 6.07) is 4.23. The van der Waals surface area contributed by atoms with Crippen molar-refractivity contribution in [1.82, 2.24) is 10.6 Å². The minimum absolute atomic E-state index is 0.0383. The third-order valence-corrected chi connectivity index (χ3v) is 3.08. The van der Waals surface area contributed by atoms with Crippen LogP contribution < -0.4 is 10.6 Å². The van der Waals surface area contributed by atoms with Crippen LogP contribution in [-0.2, 0) is 4.74 Å². The summed E-state index contributed by atoms with van der Waals surface area (Å²) in [6.45, 7) is 3.14. The van der Waals surface area contributed by atoms with Crippen LogP contribution in [0, 0.1) is 12.7 Å². The first-order valence-electron chi connectivity index (χ1n) is 5.91. The van der Waals surface area contributed by atoms with Crippen LogP contribution in [0.4, 0.5) is 4.39 Å². The standard InChI is InChI=1S/C13H17FN2O2/c1-8-3-9(5-10(14)4-8)13(17)16-11-6-15-7-12(11)18-2/h3-5,11-12,15H,6-7H2,1-2H3,(H,16,17)/t11?,12-/m0/s1. The van der Waals surface area contributed by atoms with E-state index in [1.54, 1.807) is 20.1 Å². The Morgan fingerprint density at radius 1 is 1.44 bits per heavy atom. The number of ether oxygens (including phenoxy) is 1. The molecule has 0 saturated carbocycles. The first kappa shape index (κ1) is 13.0. The van der Waals surface area contributed by atoms with E-state index in [0.717, 1.165) is 5.56 Å². The first-order valence-corrected chi connectivity index (χ1v) is 5.91. The zero-order valence-electron chi connectivity index (χ0n) is 10.5. The Morgan fingerprint density at radius 3 is 2.89 bits per heavy atom. The number of methoxy groups -OCH3 is 1. The molecule has 0 aliphatic carbocycles. The summed E-state index contributed by atoms with van der Waals surface area (Å²) in [5, 5.41) is 6.00. The molecule has 2 atom stereocenters. The van der Waals surface area contributed by atoms with Crippen molar-refractivity contribution in [3.8, 4) is 0 Å². The highest BCUT2D eigenvalue weighted by atomic mass is 19.1. The zero-order chi connectivity index (χ0) is 13.1. The van der Waals surface area contributed by atoms with E-state index in [4.69, 9.17) is 4.74 Å². The second-order valence-electron chi connectivity index (χ2n) is 4.53. The number of carbonyl (C=O) groups is 1. The summed E-state index contributed by atoms with van der Waals surface area (Å²) in [6.07, 6.45) is -0.0383. The average molecular weight is 252 g/mol. The maximum Gasteiger partial charge on any atom is 0.251 e. The van der Waals surface area contributed by atoms with Crippen molar-refractivity contribution in [2.75, 3.05) is 20.2 Å². The first-order chi connectivity index (χ1) is 8.60. The molecule has 1 fully saturated rings. The van der Waals surface area contributed by atoms with E-state index in [2.05, 4.69) is 10.6 Å². The van der Waals surface area contributed by atoms with Crippen molar-refractivity contribution < 1.29 is 13.9 Å². The van der Waals surface area contributed by atoms with Crippen molar-refractivity contribution in [2.45, 2.75) is 19.1 Å². The molecule has 0 aromatic heterocycles. The minimum atomic E-state index is -0.395. The molecule has 2 N–H and O–H groups in total. The molecule has 1 amide bonds. The molecule has 1 unspecified atom stereocenters. The Bertz CT molecular complexity index is 430. The summed E-state index contributed by atoms with van der Waals surface area (Å²) >= 11 is 0. The number of benzene rings is 1. The Kier molecular flexibility index (Phi) is 3.93. The van der Waals surface area contributed by atoms with Gasteiger partial charge < -0.3 is 15.4 Å². The SMILES string of the molecule is CO[C@H]1CNCC1NC(=O)c1cc(C)cc(F)c1. The van der Waals surface area contributed by atoms with Gasteiger partial charge in [0.25, 0.3) is 5.91 Å². The van der Waals surface area contributed by atoms with Gasteiger partial charge in [0.1, 0.15) is 5.82 Å². The molecular formula is C13H17FN2O2. The molecule has 1 aliphatic rings. The normalized spacial score (nSPS) is 23.1. The fourth-order valence-electron chi connectivity index (χ4n) is 2.17. The highest BCUT2D eigenvalue weighted by Crippen LogP contribution is 2.10. The van der Waals surface area contributed by atoms with Crippen molar-refractivity contribution in [3.63, 3.8) is 0 Å². The van der Waals surface area contributed by atoms with E-state index in [1.165, 1.54) is 12.1 Å². The molecule has 1 aliphatic heterocycles. The fourth-order valence-corrected chi connectivity index (χ4v) is 2.17. The molecule has 1 aromatic carbocycles. The van der Waals surface area contributed by atoms with Crippen LogP contribution in [0.25, 0.3) is 0 Å². The van der Waals surface area contributed by atoms with Gasteiger partial charge in [0, 0.05) is 25.8 Å². The summed E-state index contributed by atoms with van der Waals surface area (Å²) < 4.78 is 18.5. The molecule has 98 valence electrons. The predicted molar refractivity (Wildman–Crippen MR) is 66.1 cm³/mol. The number of nitrogens with one attached hydrogen (secondary N) is 2. The monoisotopic (exact) mass is 252 g/mol. The fraction of sp³-hybridized carbons (Fsp3) is 0.462. The highest BCUT2D eigenvalue weighted by Gasteiger charge is 2.28. The van der Waals surface area contributed by atoms with E-state index < -0.39 is 5.82 Å².